The molecule has 0 unspecified atom stereocenters. The molecule has 2 atom stereocenters. The Morgan fingerprint density at radius 2 is 1.70 bits per heavy atom. The molecule has 0 aromatic heterocycles. The van der Waals surface area contributed by atoms with Gasteiger partial charge in [0.1, 0.15) is 6.10 Å². The van der Waals surface area contributed by atoms with Gasteiger partial charge < -0.3 is 4.74 Å². The minimum atomic E-state index is -0.752. The second-order valence-corrected chi connectivity index (χ2v) is 5.06. The van der Waals surface area contributed by atoms with Crippen LogP contribution in [0.4, 0.5) is 0 Å². The van der Waals surface area contributed by atoms with Crippen LogP contribution in [0.5, 0.6) is 0 Å². The Bertz CT molecular complexity index is 674. The molecule has 20 heavy (non-hydrogen) atoms. The van der Waals surface area contributed by atoms with Gasteiger partial charge in [0.2, 0.25) is 0 Å². The zero-order valence-electron chi connectivity index (χ0n) is 11.1. The molecule has 0 amide bonds. The number of ether oxygens (including phenoxy) is 1. The molecule has 2 aliphatic carbocycles. The van der Waals surface area contributed by atoms with Gasteiger partial charge in [0.15, 0.2) is 23.1 Å². The van der Waals surface area contributed by atoms with Gasteiger partial charge in [-0.05, 0) is 26.3 Å². The van der Waals surface area contributed by atoms with Crippen LogP contribution in [0.25, 0.3) is 0 Å². The van der Waals surface area contributed by atoms with Gasteiger partial charge in [-0.15, -0.1) is 0 Å². The molecule has 0 saturated heterocycles. The third-order valence-corrected chi connectivity index (χ3v) is 3.81. The Morgan fingerprint density at radius 1 is 1.00 bits per heavy atom. The van der Waals surface area contributed by atoms with Crippen molar-refractivity contribution in [3.63, 3.8) is 0 Å². The number of carbonyl (C=O) groups is 4. The van der Waals surface area contributed by atoms with Crippen LogP contribution in [-0.4, -0.2) is 35.3 Å². The Morgan fingerprint density at radius 3 is 2.40 bits per heavy atom. The Labute approximate surface area is 115 Å². The molecule has 5 heteroatoms. The Kier molecular flexibility index (Phi) is 2.69. The average Bonchev–Trinajstić information content (AvgIpc) is 2.40. The maximum Gasteiger partial charge on any atom is 0.196 e. The summed E-state index contributed by atoms with van der Waals surface area (Å²) in [5.41, 5.74) is -0.0337. The van der Waals surface area contributed by atoms with Crippen LogP contribution >= 0.6 is 0 Å². The van der Waals surface area contributed by atoms with Crippen molar-refractivity contribution in [2.24, 2.45) is 0 Å². The summed E-state index contributed by atoms with van der Waals surface area (Å²) in [5.74, 6) is -2.00. The zero-order chi connectivity index (χ0) is 14.6. The monoisotopic (exact) mass is 272 g/mol. The number of allylic oxidation sites excluding steroid dienone is 4. The summed E-state index contributed by atoms with van der Waals surface area (Å²) in [6.45, 7) is 3.16. The summed E-state index contributed by atoms with van der Waals surface area (Å²) in [6.07, 6.45) is 1.61. The van der Waals surface area contributed by atoms with Gasteiger partial charge in [0.05, 0.1) is 17.3 Å². The van der Waals surface area contributed by atoms with Crippen LogP contribution in [0.2, 0.25) is 0 Å². The zero-order valence-corrected chi connectivity index (χ0v) is 11.1. The standard InChI is InChI=1S/C15H12O5/c1-6-10-12(13(17)7(2)20-6)14(18)8-4-3-5-9(16)11(8)15(10)19/h3,5-7H,4H2,1-2H3/t6-,7-/m1/s1. The van der Waals surface area contributed by atoms with Gasteiger partial charge in [-0.25, -0.2) is 0 Å². The number of hydrogen-bond acceptors (Lipinski definition) is 5. The van der Waals surface area contributed by atoms with Gasteiger partial charge in [0, 0.05) is 11.1 Å². The van der Waals surface area contributed by atoms with E-state index in [1.807, 2.05) is 0 Å². The number of rotatable bonds is 0. The van der Waals surface area contributed by atoms with Crippen molar-refractivity contribution in [1.82, 2.24) is 0 Å². The Balaban J connectivity index is 2.21. The largest absolute Gasteiger partial charge is 0.363 e. The molecule has 1 aliphatic heterocycles. The van der Waals surface area contributed by atoms with Crippen molar-refractivity contribution < 1.29 is 23.9 Å². The van der Waals surface area contributed by atoms with E-state index in [9.17, 15) is 19.2 Å². The van der Waals surface area contributed by atoms with E-state index >= 15 is 0 Å². The first-order valence-electron chi connectivity index (χ1n) is 6.40. The molecule has 0 aromatic carbocycles. The second-order valence-electron chi connectivity index (χ2n) is 5.06. The lowest BCUT2D eigenvalue weighted by atomic mass is 9.75. The molecule has 5 nitrogen and oxygen atoms in total. The molecule has 1 heterocycles. The van der Waals surface area contributed by atoms with Gasteiger partial charge in [0.25, 0.3) is 0 Å². The highest BCUT2D eigenvalue weighted by molar-refractivity contribution is 6.43. The number of hydrogen-bond donors (Lipinski definition) is 0. The van der Waals surface area contributed by atoms with E-state index in [2.05, 4.69) is 0 Å². The highest BCUT2D eigenvalue weighted by atomic mass is 16.5. The van der Waals surface area contributed by atoms with Gasteiger partial charge >= 0.3 is 0 Å². The van der Waals surface area contributed by atoms with Crippen LogP contribution in [0.1, 0.15) is 20.3 Å². The molecule has 0 spiro atoms. The fraction of sp³-hybridized carbons (Fsp3) is 0.333. The normalized spacial score (nSPS) is 29.9. The van der Waals surface area contributed by atoms with E-state index in [0.29, 0.717) is 0 Å². The number of carbonyl (C=O) groups excluding carboxylic acids is 4. The van der Waals surface area contributed by atoms with E-state index in [1.54, 1.807) is 13.8 Å². The minimum absolute atomic E-state index is 0.0282. The van der Waals surface area contributed by atoms with E-state index < -0.39 is 35.3 Å². The van der Waals surface area contributed by atoms with Crippen LogP contribution in [0, 0.1) is 0 Å². The summed E-state index contributed by atoms with van der Waals surface area (Å²) in [4.78, 5) is 48.9. The van der Waals surface area contributed by atoms with Crippen molar-refractivity contribution in [1.29, 1.82) is 0 Å². The van der Waals surface area contributed by atoms with Crippen molar-refractivity contribution >= 4 is 23.1 Å². The van der Waals surface area contributed by atoms with Crippen molar-refractivity contribution in [3.05, 3.63) is 34.4 Å². The minimum Gasteiger partial charge on any atom is -0.363 e. The van der Waals surface area contributed by atoms with Crippen molar-refractivity contribution in [2.75, 3.05) is 0 Å². The molecule has 0 bridgehead atoms. The van der Waals surface area contributed by atoms with E-state index in [-0.39, 0.29) is 28.7 Å². The third kappa shape index (κ3) is 1.53. The highest BCUT2D eigenvalue weighted by Gasteiger charge is 2.46. The summed E-state index contributed by atoms with van der Waals surface area (Å²) in [5, 5.41) is 0. The fourth-order valence-corrected chi connectivity index (χ4v) is 2.87. The van der Waals surface area contributed by atoms with E-state index in [0.717, 1.165) is 0 Å². The molecule has 3 aliphatic rings. The first-order valence-corrected chi connectivity index (χ1v) is 6.40. The summed E-state index contributed by atoms with van der Waals surface area (Å²) in [7, 11) is 0. The van der Waals surface area contributed by atoms with Crippen molar-refractivity contribution in [2.45, 2.75) is 32.5 Å². The quantitative estimate of drug-likeness (QED) is 0.477. The van der Waals surface area contributed by atoms with Crippen LogP contribution in [0.3, 0.4) is 0 Å². The number of ketones is 4. The summed E-state index contributed by atoms with van der Waals surface area (Å²) >= 11 is 0. The molecule has 102 valence electrons. The van der Waals surface area contributed by atoms with Gasteiger partial charge in [-0.3, -0.25) is 19.2 Å². The Hall–Kier alpha value is -2.14. The maximum absolute atomic E-state index is 12.5. The first-order chi connectivity index (χ1) is 9.43. The lowest BCUT2D eigenvalue weighted by Gasteiger charge is -2.32. The molecule has 3 rings (SSSR count). The van der Waals surface area contributed by atoms with Crippen LogP contribution in [0.15, 0.2) is 34.4 Å². The first kappa shape index (κ1) is 12.9. The van der Waals surface area contributed by atoms with Crippen molar-refractivity contribution in [3.8, 4) is 0 Å². The van der Waals surface area contributed by atoms with Crippen LogP contribution < -0.4 is 0 Å². The van der Waals surface area contributed by atoms with E-state index in [4.69, 9.17) is 4.74 Å². The molecule has 0 aromatic rings. The van der Waals surface area contributed by atoms with E-state index in [1.165, 1.54) is 12.2 Å². The lowest BCUT2D eigenvalue weighted by Crippen LogP contribution is -2.44. The SMILES string of the molecule is C[C@H]1O[C@H](C)C2=C(C(=O)C3=C(C(=O)C=CC3)C2=O)C1=O. The molecule has 0 saturated carbocycles. The average molecular weight is 272 g/mol. The molecular weight excluding hydrogens is 260 g/mol. The van der Waals surface area contributed by atoms with Gasteiger partial charge in [-0.1, -0.05) is 6.08 Å². The number of Topliss-reactive ketones (excluding diaryl/α,β-unsaturated/α-hetero) is 3. The third-order valence-electron chi connectivity index (χ3n) is 3.81. The molecule has 0 fully saturated rings. The molecular formula is C15H12O5. The maximum atomic E-state index is 12.5. The highest BCUT2D eigenvalue weighted by Crippen LogP contribution is 2.36. The predicted molar refractivity (Wildman–Crippen MR) is 67.8 cm³/mol. The molecule has 0 N–H and O–H groups in total. The second kappa shape index (κ2) is 4.18. The fourth-order valence-electron chi connectivity index (χ4n) is 2.87. The smallest absolute Gasteiger partial charge is 0.196 e. The molecule has 0 radical (unpaired) electrons. The topological polar surface area (TPSA) is 77.5 Å². The lowest BCUT2D eigenvalue weighted by molar-refractivity contribution is -0.135. The summed E-state index contributed by atoms with van der Waals surface area (Å²) < 4.78 is 5.37. The summed E-state index contributed by atoms with van der Waals surface area (Å²) in [6, 6.07) is 0. The predicted octanol–water partition coefficient (Wildman–Crippen LogP) is 0.637. The van der Waals surface area contributed by atoms with Gasteiger partial charge in [-0.2, -0.15) is 0 Å². The van der Waals surface area contributed by atoms with Crippen LogP contribution in [-0.2, 0) is 23.9 Å².